The van der Waals surface area contributed by atoms with Gasteiger partial charge in [0.25, 0.3) is 5.91 Å². The average molecular weight is 424 g/mol. The fraction of sp³-hybridized carbons (Fsp3) is 0.150. The van der Waals surface area contributed by atoms with Gasteiger partial charge in [-0.25, -0.2) is 4.39 Å². The quantitative estimate of drug-likeness (QED) is 0.353. The predicted molar refractivity (Wildman–Crippen MR) is 110 cm³/mol. The van der Waals surface area contributed by atoms with Gasteiger partial charge in [0.15, 0.2) is 5.76 Å². The van der Waals surface area contributed by atoms with Crippen molar-refractivity contribution < 1.29 is 13.9 Å². The normalized spacial score (nSPS) is 13.5. The van der Waals surface area contributed by atoms with E-state index in [1.165, 1.54) is 25.1 Å². The molecule has 0 saturated carbocycles. The highest BCUT2D eigenvalue weighted by molar-refractivity contribution is 6.35. The molecule has 0 radical (unpaired) electrons. The maximum absolute atomic E-state index is 14.5. The van der Waals surface area contributed by atoms with Gasteiger partial charge >= 0.3 is 0 Å². The van der Waals surface area contributed by atoms with Crippen molar-refractivity contribution in [3.63, 3.8) is 0 Å². The number of ether oxygens (including phenoxy) is 1. The van der Waals surface area contributed by atoms with Crippen LogP contribution in [0.1, 0.15) is 18.7 Å². The molecule has 0 fully saturated rings. The van der Waals surface area contributed by atoms with Crippen molar-refractivity contribution in [1.29, 1.82) is 0 Å². The number of rotatable bonds is 7. The van der Waals surface area contributed by atoms with Crippen LogP contribution in [0.25, 0.3) is 0 Å². The molecule has 0 aromatic heterocycles. The lowest BCUT2D eigenvalue weighted by Gasteiger charge is -2.16. The fourth-order valence-electron chi connectivity index (χ4n) is 2.41. The Bertz CT molecular complexity index is 898. The van der Waals surface area contributed by atoms with Gasteiger partial charge in [0.1, 0.15) is 17.5 Å². The number of carbonyl (C=O) groups excluding carboxylic acids is 1. The minimum Gasteiger partial charge on any atom is -0.455 e. The molecule has 148 valence electrons. The van der Waals surface area contributed by atoms with E-state index in [9.17, 15) is 9.18 Å². The van der Waals surface area contributed by atoms with E-state index >= 15 is 0 Å². The second kappa shape index (κ2) is 10.0. The smallest absolute Gasteiger partial charge is 0.256 e. The van der Waals surface area contributed by atoms with Gasteiger partial charge in [-0.1, -0.05) is 47.5 Å². The minimum absolute atomic E-state index is 0.0146. The minimum atomic E-state index is -1.53. The molecule has 0 spiro atoms. The first-order valence-corrected chi connectivity index (χ1v) is 9.07. The Hall–Kier alpha value is -2.70. The van der Waals surface area contributed by atoms with Crippen LogP contribution in [-0.2, 0) is 4.79 Å². The van der Waals surface area contributed by atoms with E-state index < -0.39 is 12.1 Å². The lowest BCUT2D eigenvalue weighted by molar-refractivity contribution is -0.117. The lowest BCUT2D eigenvalue weighted by atomic mass is 10.1. The van der Waals surface area contributed by atoms with Gasteiger partial charge in [0.2, 0.25) is 0 Å². The molecule has 0 aliphatic heterocycles. The summed E-state index contributed by atoms with van der Waals surface area (Å²) in [5.74, 6) is -0.0916. The molecule has 2 rings (SSSR count). The van der Waals surface area contributed by atoms with Crippen molar-refractivity contribution >= 4 is 29.1 Å². The number of nitrogens with one attached hydrogen (secondary N) is 1. The third-order valence-corrected chi connectivity index (χ3v) is 4.29. The van der Waals surface area contributed by atoms with Gasteiger partial charge in [-0.05, 0) is 31.2 Å². The number of hydrogen-bond donors (Lipinski definition) is 3. The Balaban J connectivity index is 2.11. The van der Waals surface area contributed by atoms with E-state index in [2.05, 4.69) is 5.32 Å². The van der Waals surface area contributed by atoms with Crippen LogP contribution in [0.5, 0.6) is 5.75 Å². The number of para-hydroxylation sites is 1. The summed E-state index contributed by atoms with van der Waals surface area (Å²) in [6.45, 7) is 1.20. The Morgan fingerprint density at radius 3 is 2.50 bits per heavy atom. The lowest BCUT2D eigenvalue weighted by Crippen LogP contribution is -2.31. The molecule has 5 N–H and O–H groups in total. The SMILES string of the molecule is C/C(N)=C(C(=O)NCC(F)c1ccc(Cl)cc1Cl)/C(=C\N)Oc1ccccc1. The number of halogens is 3. The Kier molecular flexibility index (Phi) is 7.72. The maximum atomic E-state index is 14.5. The Labute approximate surface area is 172 Å². The second-order valence-corrected chi connectivity index (χ2v) is 6.69. The molecule has 28 heavy (non-hydrogen) atoms. The first-order chi connectivity index (χ1) is 13.3. The Morgan fingerprint density at radius 1 is 1.25 bits per heavy atom. The second-order valence-electron chi connectivity index (χ2n) is 5.85. The van der Waals surface area contributed by atoms with Gasteiger partial charge in [0.05, 0.1) is 6.54 Å². The van der Waals surface area contributed by atoms with Crippen molar-refractivity contribution in [2.75, 3.05) is 6.54 Å². The summed E-state index contributed by atoms with van der Waals surface area (Å²) >= 11 is 11.8. The number of benzene rings is 2. The number of nitrogens with two attached hydrogens (primary N) is 2. The van der Waals surface area contributed by atoms with E-state index in [0.717, 1.165) is 6.20 Å². The van der Waals surface area contributed by atoms with Crippen molar-refractivity contribution in [3.05, 3.63) is 87.4 Å². The maximum Gasteiger partial charge on any atom is 0.256 e. The van der Waals surface area contributed by atoms with Gasteiger partial charge < -0.3 is 21.5 Å². The molecule has 8 heteroatoms. The highest BCUT2D eigenvalue weighted by atomic mass is 35.5. The molecule has 1 unspecified atom stereocenters. The van der Waals surface area contributed by atoms with E-state index in [1.807, 2.05) is 6.07 Å². The average Bonchev–Trinajstić information content (AvgIpc) is 2.66. The molecule has 1 amide bonds. The summed E-state index contributed by atoms with van der Waals surface area (Å²) in [7, 11) is 0. The number of amides is 1. The molecular weight excluding hydrogens is 404 g/mol. The summed E-state index contributed by atoms with van der Waals surface area (Å²) < 4.78 is 20.2. The first-order valence-electron chi connectivity index (χ1n) is 8.32. The third kappa shape index (κ3) is 5.65. The molecule has 5 nitrogen and oxygen atoms in total. The third-order valence-electron chi connectivity index (χ3n) is 3.73. The Morgan fingerprint density at radius 2 is 1.93 bits per heavy atom. The zero-order valence-electron chi connectivity index (χ0n) is 15.1. The topological polar surface area (TPSA) is 90.4 Å². The van der Waals surface area contributed by atoms with Crippen molar-refractivity contribution in [1.82, 2.24) is 5.32 Å². The predicted octanol–water partition coefficient (Wildman–Crippen LogP) is 4.23. The van der Waals surface area contributed by atoms with Crippen molar-refractivity contribution in [2.45, 2.75) is 13.1 Å². The van der Waals surface area contributed by atoms with Crippen LogP contribution < -0.4 is 21.5 Å². The molecule has 0 heterocycles. The fourth-order valence-corrected chi connectivity index (χ4v) is 2.93. The first kappa shape index (κ1) is 21.6. The number of alkyl halides is 1. The van der Waals surface area contributed by atoms with Crippen LogP contribution in [0.4, 0.5) is 4.39 Å². The highest BCUT2D eigenvalue weighted by Crippen LogP contribution is 2.28. The molecule has 0 saturated heterocycles. The van der Waals surface area contributed by atoms with Crippen LogP contribution in [0.3, 0.4) is 0 Å². The van der Waals surface area contributed by atoms with E-state index in [1.54, 1.807) is 24.3 Å². The monoisotopic (exact) mass is 423 g/mol. The molecule has 2 aromatic carbocycles. The molecular formula is C20H20Cl2FN3O2. The van der Waals surface area contributed by atoms with Gasteiger partial charge in [0, 0.05) is 27.5 Å². The molecule has 0 bridgehead atoms. The van der Waals surface area contributed by atoms with Crippen LogP contribution in [0.15, 0.2) is 71.8 Å². The molecule has 2 aromatic rings. The van der Waals surface area contributed by atoms with E-state index in [-0.39, 0.29) is 34.2 Å². The highest BCUT2D eigenvalue weighted by Gasteiger charge is 2.21. The zero-order valence-corrected chi connectivity index (χ0v) is 16.6. The number of carbonyl (C=O) groups is 1. The van der Waals surface area contributed by atoms with Gasteiger partial charge in [-0.3, -0.25) is 4.79 Å². The zero-order chi connectivity index (χ0) is 20.7. The number of allylic oxidation sites excluding steroid dienone is 1. The van der Waals surface area contributed by atoms with Crippen LogP contribution in [-0.4, -0.2) is 12.5 Å². The van der Waals surface area contributed by atoms with Crippen LogP contribution in [0.2, 0.25) is 10.0 Å². The number of hydrogen-bond acceptors (Lipinski definition) is 4. The summed E-state index contributed by atoms with van der Waals surface area (Å²) in [6.07, 6.45) is -0.408. The van der Waals surface area contributed by atoms with Crippen molar-refractivity contribution in [2.24, 2.45) is 11.5 Å². The van der Waals surface area contributed by atoms with Gasteiger partial charge in [-0.2, -0.15) is 0 Å². The van der Waals surface area contributed by atoms with E-state index in [0.29, 0.717) is 10.8 Å². The van der Waals surface area contributed by atoms with Crippen LogP contribution >= 0.6 is 23.2 Å². The van der Waals surface area contributed by atoms with Gasteiger partial charge in [-0.15, -0.1) is 0 Å². The van der Waals surface area contributed by atoms with E-state index in [4.69, 9.17) is 39.4 Å². The molecule has 0 aliphatic carbocycles. The molecule has 0 aliphatic rings. The summed E-state index contributed by atoms with van der Waals surface area (Å²) in [5, 5.41) is 3.05. The van der Waals surface area contributed by atoms with Crippen LogP contribution in [0, 0.1) is 0 Å². The summed E-state index contributed by atoms with van der Waals surface area (Å²) in [4.78, 5) is 12.6. The summed E-state index contributed by atoms with van der Waals surface area (Å²) in [5.41, 5.74) is 11.9. The largest absolute Gasteiger partial charge is 0.455 e. The van der Waals surface area contributed by atoms with Crippen molar-refractivity contribution in [3.8, 4) is 5.75 Å². The summed E-state index contributed by atoms with van der Waals surface area (Å²) in [6, 6.07) is 13.2. The molecule has 1 atom stereocenters. The standard InChI is InChI=1S/C20H20Cl2FN3O2/c1-12(25)19(18(10-24)28-14-5-3-2-4-6-14)20(27)26-11-17(23)15-8-7-13(21)9-16(15)22/h2-10,17H,11,24-25H2,1H3,(H,26,27)/b18-10+,19-12+.